The quantitative estimate of drug-likeness (QED) is 0.845. The molecule has 0 atom stereocenters. The normalized spacial score (nSPS) is 15.2. The number of rotatable bonds is 5. The zero-order chi connectivity index (χ0) is 16.4. The summed E-state index contributed by atoms with van der Waals surface area (Å²) in [5, 5.41) is 2.20. The van der Waals surface area contributed by atoms with Crippen LogP contribution in [0.1, 0.15) is 39.3 Å². The fourth-order valence-corrected chi connectivity index (χ4v) is 2.89. The summed E-state index contributed by atoms with van der Waals surface area (Å²) in [5.41, 5.74) is -0.102. The van der Waals surface area contributed by atoms with Crippen molar-refractivity contribution in [2.75, 3.05) is 4.72 Å². The number of carbonyl (C=O) groups excluding carboxylic acids is 1. The molecule has 1 fully saturated rings. The number of sulfonamides is 1. The highest BCUT2D eigenvalue weighted by atomic mass is 32.2. The molecule has 1 saturated carbocycles. The number of nitrogens with one attached hydrogen (secondary N) is 2. The molecule has 2 rings (SSSR count). The molecule has 0 aliphatic heterocycles. The first-order valence-corrected chi connectivity index (χ1v) is 8.51. The maximum Gasteiger partial charge on any atom is 0.407 e. The average Bonchev–Trinajstić information content (AvgIpc) is 3.18. The molecule has 122 valence electrons. The van der Waals surface area contributed by atoms with Gasteiger partial charge in [0, 0.05) is 6.20 Å². The van der Waals surface area contributed by atoms with Gasteiger partial charge in [0.05, 0.1) is 17.5 Å². The summed E-state index contributed by atoms with van der Waals surface area (Å²) in [6.45, 7) is 5.42. The van der Waals surface area contributed by atoms with Crippen LogP contribution in [0.25, 0.3) is 0 Å². The van der Waals surface area contributed by atoms with Gasteiger partial charge in [0.1, 0.15) is 5.60 Å². The second kappa shape index (κ2) is 6.07. The van der Waals surface area contributed by atoms with Gasteiger partial charge in [0.25, 0.3) is 0 Å². The number of hydrogen-bond acceptors (Lipinski definition) is 6. The lowest BCUT2D eigenvalue weighted by Crippen LogP contribution is -2.32. The van der Waals surface area contributed by atoms with Gasteiger partial charge in [-0.25, -0.2) is 23.2 Å². The monoisotopic (exact) mass is 328 g/mol. The number of nitrogens with zero attached hydrogens (tertiary/aromatic N) is 2. The van der Waals surface area contributed by atoms with Crippen molar-refractivity contribution in [2.24, 2.45) is 0 Å². The zero-order valence-electron chi connectivity index (χ0n) is 12.8. The summed E-state index contributed by atoms with van der Waals surface area (Å²) in [6.07, 6.45) is 2.19. The SMILES string of the molecule is CC(C)(C)OC(=O)NCc1ccnc(NS(=O)(=O)C2CC2)n1. The van der Waals surface area contributed by atoms with E-state index in [0.717, 1.165) is 0 Å². The molecule has 0 aromatic carbocycles. The van der Waals surface area contributed by atoms with Crippen molar-refractivity contribution in [3.63, 3.8) is 0 Å². The van der Waals surface area contributed by atoms with Gasteiger partial charge in [-0.1, -0.05) is 0 Å². The Morgan fingerprint density at radius 2 is 2.09 bits per heavy atom. The molecule has 1 aliphatic carbocycles. The van der Waals surface area contributed by atoms with Crippen molar-refractivity contribution in [2.45, 2.75) is 51.0 Å². The molecular weight excluding hydrogens is 308 g/mol. The van der Waals surface area contributed by atoms with E-state index < -0.39 is 21.7 Å². The molecular formula is C13H20N4O4S. The van der Waals surface area contributed by atoms with Gasteiger partial charge in [0.15, 0.2) is 0 Å². The molecule has 0 spiro atoms. The minimum atomic E-state index is -3.40. The van der Waals surface area contributed by atoms with Gasteiger partial charge in [-0.05, 0) is 39.7 Å². The van der Waals surface area contributed by atoms with Crippen LogP contribution < -0.4 is 10.0 Å². The number of alkyl carbamates (subject to hydrolysis) is 1. The minimum absolute atomic E-state index is 0.00962. The van der Waals surface area contributed by atoms with E-state index in [-0.39, 0.29) is 17.7 Å². The molecule has 0 radical (unpaired) electrons. The van der Waals surface area contributed by atoms with Crippen LogP contribution >= 0.6 is 0 Å². The van der Waals surface area contributed by atoms with Crippen molar-refractivity contribution in [3.05, 3.63) is 18.0 Å². The van der Waals surface area contributed by atoms with Gasteiger partial charge in [-0.3, -0.25) is 4.72 Å². The predicted octanol–water partition coefficient (Wildman–Crippen LogP) is 1.41. The molecule has 8 nitrogen and oxygen atoms in total. The van der Waals surface area contributed by atoms with Crippen molar-refractivity contribution in [3.8, 4) is 0 Å². The van der Waals surface area contributed by atoms with E-state index >= 15 is 0 Å². The third-order valence-corrected chi connectivity index (χ3v) is 4.54. The number of anilines is 1. The van der Waals surface area contributed by atoms with Crippen molar-refractivity contribution < 1.29 is 17.9 Å². The molecule has 9 heteroatoms. The van der Waals surface area contributed by atoms with E-state index in [4.69, 9.17) is 4.74 Å². The van der Waals surface area contributed by atoms with Crippen LogP contribution in [0.2, 0.25) is 0 Å². The van der Waals surface area contributed by atoms with E-state index in [0.29, 0.717) is 18.5 Å². The number of aromatic nitrogens is 2. The lowest BCUT2D eigenvalue weighted by molar-refractivity contribution is 0.0523. The topological polar surface area (TPSA) is 110 Å². The van der Waals surface area contributed by atoms with Crippen molar-refractivity contribution >= 4 is 22.1 Å². The summed E-state index contributed by atoms with van der Waals surface area (Å²) < 4.78 is 31.1. The molecule has 2 N–H and O–H groups in total. The fourth-order valence-electron chi connectivity index (χ4n) is 1.61. The Morgan fingerprint density at radius 3 is 2.68 bits per heavy atom. The van der Waals surface area contributed by atoms with Gasteiger partial charge in [-0.15, -0.1) is 0 Å². The molecule has 0 unspecified atom stereocenters. The van der Waals surface area contributed by atoms with E-state index in [2.05, 4.69) is 20.0 Å². The maximum atomic E-state index is 11.8. The third-order valence-electron chi connectivity index (χ3n) is 2.72. The predicted molar refractivity (Wildman–Crippen MR) is 80.7 cm³/mol. The summed E-state index contributed by atoms with van der Waals surface area (Å²) in [4.78, 5) is 19.5. The Bertz CT molecular complexity index is 650. The lowest BCUT2D eigenvalue weighted by Gasteiger charge is -2.19. The number of hydrogen-bond donors (Lipinski definition) is 2. The number of carbonyl (C=O) groups is 1. The van der Waals surface area contributed by atoms with Gasteiger partial charge in [0.2, 0.25) is 16.0 Å². The fraction of sp³-hybridized carbons (Fsp3) is 0.615. The summed E-state index contributed by atoms with van der Waals surface area (Å²) in [6, 6.07) is 1.59. The third kappa shape index (κ3) is 5.14. The summed E-state index contributed by atoms with van der Waals surface area (Å²) in [7, 11) is -3.40. The Labute approximate surface area is 129 Å². The smallest absolute Gasteiger partial charge is 0.407 e. The van der Waals surface area contributed by atoms with Gasteiger partial charge >= 0.3 is 6.09 Å². The Balaban J connectivity index is 1.93. The molecule has 0 bridgehead atoms. The van der Waals surface area contributed by atoms with Crippen LogP contribution in [-0.2, 0) is 21.3 Å². The first-order chi connectivity index (χ1) is 10.2. The molecule has 1 aromatic rings. The van der Waals surface area contributed by atoms with Crippen molar-refractivity contribution in [1.82, 2.24) is 15.3 Å². The summed E-state index contributed by atoms with van der Waals surface area (Å²) >= 11 is 0. The first kappa shape index (κ1) is 16.5. The van der Waals surface area contributed by atoms with Crippen LogP contribution in [-0.4, -0.2) is 35.3 Å². The highest BCUT2D eigenvalue weighted by molar-refractivity contribution is 7.93. The number of ether oxygens (including phenoxy) is 1. The molecule has 1 heterocycles. The van der Waals surface area contributed by atoms with Gasteiger partial charge in [-0.2, -0.15) is 0 Å². The second-order valence-electron chi connectivity index (χ2n) is 6.07. The van der Waals surface area contributed by atoms with Crippen LogP contribution in [0.15, 0.2) is 12.3 Å². The van der Waals surface area contributed by atoms with E-state index in [1.807, 2.05) is 0 Å². The molecule has 1 aromatic heterocycles. The standard InChI is InChI=1S/C13H20N4O4S/c1-13(2,3)21-12(18)15-8-9-6-7-14-11(16-9)17-22(19,20)10-4-5-10/h6-7,10H,4-5,8H2,1-3H3,(H,15,18)(H,14,16,17). The Hall–Kier alpha value is -1.90. The maximum absolute atomic E-state index is 11.8. The van der Waals surface area contributed by atoms with E-state index in [9.17, 15) is 13.2 Å². The van der Waals surface area contributed by atoms with E-state index in [1.165, 1.54) is 6.20 Å². The highest BCUT2D eigenvalue weighted by Gasteiger charge is 2.36. The Kier molecular flexibility index (Phi) is 4.55. The molecule has 0 saturated heterocycles. The number of amides is 1. The lowest BCUT2D eigenvalue weighted by atomic mass is 10.2. The van der Waals surface area contributed by atoms with Crippen LogP contribution in [0, 0.1) is 0 Å². The van der Waals surface area contributed by atoms with E-state index in [1.54, 1.807) is 26.8 Å². The molecule has 1 amide bonds. The Morgan fingerprint density at radius 1 is 1.41 bits per heavy atom. The van der Waals surface area contributed by atoms with Crippen LogP contribution in [0.5, 0.6) is 0 Å². The molecule has 1 aliphatic rings. The van der Waals surface area contributed by atoms with Crippen LogP contribution in [0.3, 0.4) is 0 Å². The summed E-state index contributed by atoms with van der Waals surface area (Å²) in [5.74, 6) is 0.00962. The first-order valence-electron chi connectivity index (χ1n) is 6.96. The minimum Gasteiger partial charge on any atom is -0.444 e. The largest absolute Gasteiger partial charge is 0.444 e. The average molecular weight is 328 g/mol. The molecule has 22 heavy (non-hydrogen) atoms. The van der Waals surface area contributed by atoms with Gasteiger partial charge < -0.3 is 10.1 Å². The van der Waals surface area contributed by atoms with Crippen molar-refractivity contribution in [1.29, 1.82) is 0 Å². The van der Waals surface area contributed by atoms with Crippen LogP contribution in [0.4, 0.5) is 10.7 Å². The highest BCUT2D eigenvalue weighted by Crippen LogP contribution is 2.28. The zero-order valence-corrected chi connectivity index (χ0v) is 13.6. The second-order valence-corrected chi connectivity index (χ2v) is 8.03.